The molecular weight excluding hydrogens is 376 g/mol. The van der Waals surface area contributed by atoms with Crippen molar-refractivity contribution >= 4 is 40.1 Å². The summed E-state index contributed by atoms with van der Waals surface area (Å²) in [6.45, 7) is 8.49. The van der Waals surface area contributed by atoms with Crippen molar-refractivity contribution in [1.82, 2.24) is 10.3 Å². The molecule has 0 fully saturated rings. The van der Waals surface area contributed by atoms with Crippen molar-refractivity contribution in [2.45, 2.75) is 46.3 Å². The molecule has 27 heavy (non-hydrogen) atoms. The Kier molecular flexibility index (Phi) is 8.16. The van der Waals surface area contributed by atoms with E-state index in [0.717, 1.165) is 11.3 Å². The second-order valence-corrected chi connectivity index (χ2v) is 7.10. The van der Waals surface area contributed by atoms with Crippen molar-refractivity contribution in [1.29, 1.82) is 0 Å². The lowest BCUT2D eigenvalue weighted by atomic mass is 10.2. The maximum absolute atomic E-state index is 12.2. The average Bonchev–Trinajstić information content (AvgIpc) is 2.98. The van der Waals surface area contributed by atoms with Gasteiger partial charge in [0.25, 0.3) is 0 Å². The van der Waals surface area contributed by atoms with Gasteiger partial charge in [0.05, 0.1) is 6.61 Å². The Morgan fingerprint density at radius 2 is 2.00 bits per heavy atom. The lowest BCUT2D eigenvalue weighted by Crippen LogP contribution is -2.43. The predicted molar refractivity (Wildman–Crippen MR) is 99.8 cm³/mol. The van der Waals surface area contributed by atoms with E-state index in [-0.39, 0.29) is 23.1 Å². The summed E-state index contributed by atoms with van der Waals surface area (Å²) in [5, 5.41) is 10.3. The van der Waals surface area contributed by atoms with Crippen LogP contribution in [0.25, 0.3) is 0 Å². The van der Waals surface area contributed by atoms with Crippen LogP contribution in [0.15, 0.2) is 10.5 Å². The molecule has 0 aliphatic heterocycles. The van der Waals surface area contributed by atoms with E-state index in [4.69, 9.17) is 9.47 Å². The van der Waals surface area contributed by atoms with Crippen LogP contribution in [-0.2, 0) is 23.9 Å². The normalized spacial score (nSPS) is 12.7. The minimum absolute atomic E-state index is 0.115. The number of esters is 1. The summed E-state index contributed by atoms with van der Waals surface area (Å²) in [6.07, 6.45) is -0.707. The van der Waals surface area contributed by atoms with Gasteiger partial charge in [-0.2, -0.15) is 0 Å². The smallest absolute Gasteiger partial charge is 0.408 e. The van der Waals surface area contributed by atoms with Gasteiger partial charge in [-0.3, -0.25) is 4.79 Å². The van der Waals surface area contributed by atoms with Crippen molar-refractivity contribution < 1.29 is 28.7 Å². The van der Waals surface area contributed by atoms with Crippen molar-refractivity contribution in [3.63, 3.8) is 0 Å². The first-order chi connectivity index (χ1) is 12.6. The third kappa shape index (κ3) is 7.60. The van der Waals surface area contributed by atoms with E-state index in [1.807, 2.05) is 0 Å². The number of rotatable bonds is 7. The Labute approximate surface area is 161 Å². The number of hydrogen-bond acceptors (Lipinski definition) is 9. The minimum Gasteiger partial charge on any atom is -0.461 e. The Morgan fingerprint density at radius 1 is 1.33 bits per heavy atom. The molecule has 150 valence electrons. The van der Waals surface area contributed by atoms with Gasteiger partial charge >= 0.3 is 12.1 Å². The van der Waals surface area contributed by atoms with E-state index in [9.17, 15) is 14.4 Å². The summed E-state index contributed by atoms with van der Waals surface area (Å²) in [7, 11) is 1.29. The van der Waals surface area contributed by atoms with Gasteiger partial charge in [-0.25, -0.2) is 14.6 Å². The molecule has 0 bridgehead atoms. The first-order valence-electron chi connectivity index (χ1n) is 8.12. The SMILES string of the molecule is CCOC(=O)/C(=N/OC)c1csc(NC(=O)C(C)NC(=O)OC(C)(C)C)n1. The minimum atomic E-state index is -0.857. The van der Waals surface area contributed by atoms with Gasteiger partial charge in [0.2, 0.25) is 11.6 Å². The molecule has 0 radical (unpaired) electrons. The molecule has 11 heteroatoms. The van der Waals surface area contributed by atoms with Crippen LogP contribution in [0.5, 0.6) is 0 Å². The van der Waals surface area contributed by atoms with Crippen LogP contribution >= 0.6 is 11.3 Å². The topological polar surface area (TPSA) is 128 Å². The standard InChI is InChI=1S/C16H24N4O6S/c1-7-25-13(22)11(20-24-6)10-8-27-14(18-10)19-12(21)9(2)17-15(23)26-16(3,4)5/h8-9H,7H2,1-6H3,(H,17,23)(H,18,19,21)/b20-11+. The number of alkyl carbamates (subject to hydrolysis) is 1. The third-order valence-electron chi connectivity index (χ3n) is 2.75. The van der Waals surface area contributed by atoms with Gasteiger partial charge < -0.3 is 24.9 Å². The number of ether oxygens (including phenoxy) is 2. The number of nitrogens with zero attached hydrogens (tertiary/aromatic N) is 2. The number of aromatic nitrogens is 1. The monoisotopic (exact) mass is 400 g/mol. The zero-order valence-corrected chi connectivity index (χ0v) is 16.9. The Morgan fingerprint density at radius 3 is 2.56 bits per heavy atom. The molecule has 0 spiro atoms. The molecule has 1 unspecified atom stereocenters. The summed E-state index contributed by atoms with van der Waals surface area (Å²) >= 11 is 1.08. The van der Waals surface area contributed by atoms with Crippen molar-refractivity contribution in [2.75, 3.05) is 19.0 Å². The molecule has 0 aliphatic carbocycles. The highest BCUT2D eigenvalue weighted by Gasteiger charge is 2.23. The molecule has 10 nitrogen and oxygen atoms in total. The number of oxime groups is 1. The Hall–Kier alpha value is -2.69. The zero-order valence-electron chi connectivity index (χ0n) is 16.1. The summed E-state index contributed by atoms with van der Waals surface area (Å²) in [5.41, 5.74) is -0.589. The van der Waals surface area contributed by atoms with Crippen LogP contribution < -0.4 is 10.6 Å². The van der Waals surface area contributed by atoms with Gasteiger partial charge in [-0.1, -0.05) is 5.16 Å². The van der Waals surface area contributed by atoms with E-state index in [1.165, 1.54) is 19.4 Å². The predicted octanol–water partition coefficient (Wildman–Crippen LogP) is 1.91. The van der Waals surface area contributed by atoms with Gasteiger partial charge in [0, 0.05) is 5.38 Å². The second kappa shape index (κ2) is 9.86. The molecule has 1 heterocycles. The fourth-order valence-electron chi connectivity index (χ4n) is 1.68. The summed E-state index contributed by atoms with van der Waals surface area (Å²) in [4.78, 5) is 44.6. The number of hydrogen-bond donors (Lipinski definition) is 2. The highest BCUT2D eigenvalue weighted by atomic mass is 32.1. The van der Waals surface area contributed by atoms with E-state index in [2.05, 4.69) is 25.6 Å². The number of thiazole rings is 1. The highest BCUT2D eigenvalue weighted by Crippen LogP contribution is 2.17. The molecule has 1 rings (SSSR count). The fraction of sp³-hybridized carbons (Fsp3) is 0.562. The second-order valence-electron chi connectivity index (χ2n) is 6.24. The van der Waals surface area contributed by atoms with Crippen molar-refractivity contribution in [3.8, 4) is 0 Å². The fourth-order valence-corrected chi connectivity index (χ4v) is 2.38. The number of anilines is 1. The van der Waals surface area contributed by atoms with Crippen LogP contribution in [0.3, 0.4) is 0 Å². The van der Waals surface area contributed by atoms with Gasteiger partial charge in [0.1, 0.15) is 24.4 Å². The molecule has 1 aromatic heterocycles. The third-order valence-corrected chi connectivity index (χ3v) is 3.51. The summed E-state index contributed by atoms with van der Waals surface area (Å²) in [6, 6.07) is -0.857. The lowest BCUT2D eigenvalue weighted by Gasteiger charge is -2.21. The highest BCUT2D eigenvalue weighted by molar-refractivity contribution is 7.14. The van der Waals surface area contributed by atoms with Crippen LogP contribution in [0, 0.1) is 0 Å². The van der Waals surface area contributed by atoms with Crippen LogP contribution in [-0.4, -0.2) is 54.0 Å². The molecular formula is C16H24N4O6S. The molecule has 0 aliphatic rings. The molecule has 0 saturated heterocycles. The molecule has 1 atom stereocenters. The molecule has 2 N–H and O–H groups in total. The van der Waals surface area contributed by atoms with E-state index >= 15 is 0 Å². The molecule has 0 saturated carbocycles. The first-order valence-corrected chi connectivity index (χ1v) is 9.00. The number of nitrogens with one attached hydrogen (secondary N) is 2. The Bertz CT molecular complexity index is 710. The van der Waals surface area contributed by atoms with Crippen LogP contribution in [0.2, 0.25) is 0 Å². The van der Waals surface area contributed by atoms with E-state index in [0.29, 0.717) is 0 Å². The average molecular weight is 400 g/mol. The van der Waals surface area contributed by atoms with Gasteiger partial charge in [-0.15, -0.1) is 11.3 Å². The van der Waals surface area contributed by atoms with Crippen LogP contribution in [0.1, 0.15) is 40.3 Å². The van der Waals surface area contributed by atoms with Gasteiger partial charge in [-0.05, 0) is 34.6 Å². The molecule has 1 aromatic rings. The maximum atomic E-state index is 12.2. The largest absolute Gasteiger partial charge is 0.461 e. The molecule has 2 amide bonds. The number of carbonyl (C=O) groups is 3. The number of amides is 2. The van der Waals surface area contributed by atoms with Crippen molar-refractivity contribution in [2.24, 2.45) is 5.16 Å². The summed E-state index contributed by atoms with van der Waals surface area (Å²) < 4.78 is 9.99. The lowest BCUT2D eigenvalue weighted by molar-refractivity contribution is -0.135. The zero-order chi connectivity index (χ0) is 20.6. The van der Waals surface area contributed by atoms with E-state index < -0.39 is 29.6 Å². The molecule has 0 aromatic carbocycles. The Balaban J connectivity index is 2.75. The first kappa shape index (κ1) is 22.4. The maximum Gasteiger partial charge on any atom is 0.408 e. The quantitative estimate of drug-likeness (QED) is 0.406. The summed E-state index contributed by atoms with van der Waals surface area (Å²) in [5.74, 6) is -1.19. The number of carbonyl (C=O) groups excluding carboxylic acids is 3. The van der Waals surface area contributed by atoms with Gasteiger partial charge in [0.15, 0.2) is 5.13 Å². The van der Waals surface area contributed by atoms with Crippen molar-refractivity contribution in [3.05, 3.63) is 11.1 Å². The van der Waals surface area contributed by atoms with E-state index in [1.54, 1.807) is 27.7 Å². The van der Waals surface area contributed by atoms with Crippen LogP contribution in [0.4, 0.5) is 9.93 Å².